The smallest absolute Gasteiger partial charge is 0.213 e. The van der Waals surface area contributed by atoms with Crippen molar-refractivity contribution in [3.05, 3.63) is 72.1 Å². The van der Waals surface area contributed by atoms with Crippen LogP contribution in [0.1, 0.15) is 31.9 Å². The molecule has 0 aliphatic heterocycles. The molecule has 0 N–H and O–H groups in total. The Morgan fingerprint density at radius 2 is 1.69 bits per heavy atom. The summed E-state index contributed by atoms with van der Waals surface area (Å²) in [6.07, 6.45) is 3.81. The predicted octanol–water partition coefficient (Wildman–Crippen LogP) is 8.21. The maximum Gasteiger partial charge on any atom is 0.213 e. The number of imidazole rings is 1. The van der Waals surface area contributed by atoms with Crippen molar-refractivity contribution < 1.29 is 14.2 Å². The van der Waals surface area contributed by atoms with E-state index in [-0.39, 0.29) is 5.41 Å². The van der Waals surface area contributed by atoms with Gasteiger partial charge in [0.2, 0.25) is 5.88 Å². The van der Waals surface area contributed by atoms with Crippen LogP contribution in [0.2, 0.25) is 25.7 Å². The maximum absolute atomic E-state index is 10.2. The van der Waals surface area contributed by atoms with Crippen molar-refractivity contribution in [2.45, 2.75) is 60.1 Å². The standard InChI is InChI=1S/C34H42N4O3Si/c1-24-17-32(41-22-34(2,3)4)36-20-30(24)26-11-14-29(27(18-26)19-35)33-37-31(25-9-12-28(39-5)13-10-25)21-38(33)23-40-15-16-42(6,7)8/h9-14,17-18,20-21H,15-16,22-23H2,1-8H3. The van der Waals surface area contributed by atoms with Gasteiger partial charge in [-0.1, -0.05) is 46.5 Å². The van der Waals surface area contributed by atoms with Crippen molar-refractivity contribution in [1.29, 1.82) is 5.26 Å². The summed E-state index contributed by atoms with van der Waals surface area (Å²) in [5.74, 6) is 2.08. The molecule has 7 nitrogen and oxygen atoms in total. The van der Waals surface area contributed by atoms with Gasteiger partial charge in [-0.05, 0) is 65.9 Å². The Hall–Kier alpha value is -3.93. The fourth-order valence-corrected chi connectivity index (χ4v) is 5.13. The summed E-state index contributed by atoms with van der Waals surface area (Å²) in [7, 11) is 0.430. The van der Waals surface area contributed by atoms with E-state index >= 15 is 0 Å². The number of aromatic nitrogens is 3. The Morgan fingerprint density at radius 1 is 0.976 bits per heavy atom. The van der Waals surface area contributed by atoms with Crippen molar-refractivity contribution in [1.82, 2.24) is 14.5 Å². The molecule has 220 valence electrons. The van der Waals surface area contributed by atoms with Gasteiger partial charge in [0.05, 0.1) is 31.0 Å². The van der Waals surface area contributed by atoms with E-state index in [9.17, 15) is 5.26 Å². The van der Waals surface area contributed by atoms with E-state index in [0.29, 0.717) is 37.2 Å². The van der Waals surface area contributed by atoms with Gasteiger partial charge in [0.15, 0.2) is 0 Å². The molecule has 42 heavy (non-hydrogen) atoms. The summed E-state index contributed by atoms with van der Waals surface area (Å²) in [5, 5.41) is 10.2. The molecule has 2 aromatic carbocycles. The van der Waals surface area contributed by atoms with E-state index in [1.807, 2.05) is 72.4 Å². The van der Waals surface area contributed by atoms with Crippen molar-refractivity contribution in [2.24, 2.45) is 5.41 Å². The van der Waals surface area contributed by atoms with Gasteiger partial charge in [-0.25, -0.2) is 9.97 Å². The van der Waals surface area contributed by atoms with E-state index < -0.39 is 8.07 Å². The highest BCUT2D eigenvalue weighted by Crippen LogP contribution is 2.33. The molecule has 4 aromatic rings. The highest BCUT2D eigenvalue weighted by molar-refractivity contribution is 6.76. The molecule has 0 aliphatic rings. The second-order valence-electron chi connectivity index (χ2n) is 13.1. The first-order chi connectivity index (χ1) is 19.9. The van der Waals surface area contributed by atoms with Crippen LogP contribution in [0.4, 0.5) is 0 Å². The Bertz CT molecular complexity index is 1560. The molecule has 0 fully saturated rings. The summed E-state index contributed by atoms with van der Waals surface area (Å²) in [6.45, 7) is 17.1. The van der Waals surface area contributed by atoms with Crippen LogP contribution in [0, 0.1) is 23.7 Å². The molecule has 2 heterocycles. The van der Waals surface area contributed by atoms with Crippen molar-refractivity contribution >= 4 is 8.07 Å². The van der Waals surface area contributed by atoms with Gasteiger partial charge in [0.25, 0.3) is 0 Å². The van der Waals surface area contributed by atoms with Crippen LogP contribution < -0.4 is 9.47 Å². The lowest BCUT2D eigenvalue weighted by atomic mass is 9.97. The second-order valence-corrected chi connectivity index (χ2v) is 18.7. The normalized spacial score (nSPS) is 11.8. The number of ether oxygens (including phenoxy) is 3. The van der Waals surface area contributed by atoms with Crippen molar-refractivity contribution in [2.75, 3.05) is 20.3 Å². The number of benzene rings is 2. The van der Waals surface area contributed by atoms with Gasteiger partial charge in [0, 0.05) is 49.8 Å². The summed E-state index contributed by atoms with van der Waals surface area (Å²) >= 11 is 0. The number of aryl methyl sites for hydroxylation is 1. The quantitative estimate of drug-likeness (QED) is 0.131. The zero-order valence-corrected chi connectivity index (χ0v) is 27.1. The second kappa shape index (κ2) is 12.9. The van der Waals surface area contributed by atoms with Gasteiger partial charge < -0.3 is 18.8 Å². The Morgan fingerprint density at radius 3 is 2.31 bits per heavy atom. The summed E-state index contributed by atoms with van der Waals surface area (Å²) in [6, 6.07) is 19.1. The van der Waals surface area contributed by atoms with Crippen LogP contribution in [0.3, 0.4) is 0 Å². The zero-order valence-electron chi connectivity index (χ0n) is 26.1. The predicted molar refractivity (Wildman–Crippen MR) is 171 cm³/mol. The van der Waals surface area contributed by atoms with Gasteiger partial charge >= 0.3 is 0 Å². The van der Waals surface area contributed by atoms with Crippen LogP contribution in [0.25, 0.3) is 33.8 Å². The molecule has 0 aliphatic carbocycles. The first-order valence-electron chi connectivity index (χ1n) is 14.3. The topological polar surface area (TPSA) is 82.2 Å². The minimum Gasteiger partial charge on any atom is -0.497 e. The van der Waals surface area contributed by atoms with E-state index in [4.69, 9.17) is 19.2 Å². The lowest BCUT2D eigenvalue weighted by molar-refractivity contribution is 0.0883. The Kier molecular flexibility index (Phi) is 9.55. The third-order valence-corrected chi connectivity index (χ3v) is 8.52. The lowest BCUT2D eigenvalue weighted by Gasteiger charge is -2.19. The van der Waals surface area contributed by atoms with E-state index in [1.165, 1.54) is 0 Å². The average molecular weight is 583 g/mol. The molecular weight excluding hydrogens is 540 g/mol. The molecule has 0 amide bonds. The minimum absolute atomic E-state index is 0.0457. The molecule has 0 unspecified atom stereocenters. The molecular formula is C34H42N4O3Si. The Balaban J connectivity index is 1.67. The molecule has 0 spiro atoms. The minimum atomic E-state index is -1.22. The SMILES string of the molecule is COc1ccc(-c2cn(COCC[Si](C)(C)C)c(-c3ccc(-c4cnc(OCC(C)(C)C)cc4C)cc3C#N)n2)cc1. The van der Waals surface area contributed by atoms with Crippen LogP contribution in [0.15, 0.2) is 60.9 Å². The van der Waals surface area contributed by atoms with E-state index in [0.717, 1.165) is 45.3 Å². The number of methoxy groups -OCH3 is 1. The molecule has 0 bridgehead atoms. The zero-order chi connectivity index (χ0) is 30.5. The van der Waals surface area contributed by atoms with Crippen LogP contribution in [-0.2, 0) is 11.5 Å². The summed E-state index contributed by atoms with van der Waals surface area (Å²) in [4.78, 5) is 9.52. The molecule has 0 saturated carbocycles. The highest BCUT2D eigenvalue weighted by Gasteiger charge is 2.18. The monoisotopic (exact) mass is 582 g/mol. The van der Waals surface area contributed by atoms with E-state index in [1.54, 1.807) is 7.11 Å². The van der Waals surface area contributed by atoms with Crippen LogP contribution in [-0.4, -0.2) is 42.9 Å². The molecule has 2 aromatic heterocycles. The average Bonchev–Trinajstić information content (AvgIpc) is 3.37. The van der Waals surface area contributed by atoms with Crippen molar-refractivity contribution in [3.63, 3.8) is 0 Å². The largest absolute Gasteiger partial charge is 0.497 e. The molecule has 0 saturated heterocycles. The number of hydrogen-bond acceptors (Lipinski definition) is 6. The number of pyridine rings is 1. The third kappa shape index (κ3) is 8.08. The molecule has 8 heteroatoms. The van der Waals surface area contributed by atoms with Crippen LogP contribution in [0.5, 0.6) is 11.6 Å². The summed E-state index contributed by atoms with van der Waals surface area (Å²) in [5.41, 5.74) is 6.01. The first kappa shape index (κ1) is 31.0. The number of hydrogen-bond donors (Lipinski definition) is 0. The summed E-state index contributed by atoms with van der Waals surface area (Å²) < 4.78 is 19.3. The number of nitrogens with zero attached hydrogens (tertiary/aromatic N) is 4. The fraction of sp³-hybridized carbons (Fsp3) is 0.382. The first-order valence-corrected chi connectivity index (χ1v) is 18.0. The Labute approximate surface area is 251 Å². The molecule has 4 rings (SSSR count). The number of rotatable bonds is 11. The lowest BCUT2D eigenvalue weighted by Crippen LogP contribution is -2.22. The van der Waals surface area contributed by atoms with Gasteiger partial charge in [-0.15, -0.1) is 0 Å². The van der Waals surface area contributed by atoms with Gasteiger partial charge in [-0.2, -0.15) is 5.26 Å². The molecule has 0 atom stereocenters. The van der Waals surface area contributed by atoms with Crippen LogP contribution >= 0.6 is 0 Å². The van der Waals surface area contributed by atoms with Crippen molar-refractivity contribution in [3.8, 4) is 51.5 Å². The number of nitriles is 1. The highest BCUT2D eigenvalue weighted by atomic mass is 28.3. The van der Waals surface area contributed by atoms with Gasteiger partial charge in [0.1, 0.15) is 18.3 Å². The fourth-order valence-electron chi connectivity index (χ4n) is 4.37. The van der Waals surface area contributed by atoms with E-state index in [2.05, 4.69) is 51.5 Å². The van der Waals surface area contributed by atoms with Gasteiger partial charge in [-0.3, -0.25) is 0 Å². The maximum atomic E-state index is 10.2. The molecule has 0 radical (unpaired) electrons. The third-order valence-electron chi connectivity index (χ3n) is 6.82.